The third kappa shape index (κ3) is 3.28. The quantitative estimate of drug-likeness (QED) is 0.472. The highest BCUT2D eigenvalue weighted by atomic mass is 16.6. The molecule has 1 aromatic heterocycles. The average molecular weight is 418 g/mol. The summed E-state index contributed by atoms with van der Waals surface area (Å²) in [7, 11) is 0. The fourth-order valence-corrected chi connectivity index (χ4v) is 3.58. The number of nitrogens with one attached hydrogen (secondary N) is 1. The van der Waals surface area contributed by atoms with Crippen LogP contribution >= 0.6 is 0 Å². The molecule has 0 unspecified atom stereocenters. The van der Waals surface area contributed by atoms with Crippen LogP contribution in [0.1, 0.15) is 24.0 Å². The van der Waals surface area contributed by atoms with E-state index in [4.69, 9.17) is 15.2 Å². The minimum absolute atomic E-state index is 0.0430. The van der Waals surface area contributed by atoms with Crippen LogP contribution in [0.2, 0.25) is 0 Å². The number of nitro groups is 1. The smallest absolute Gasteiger partial charge is 0.265 e. The summed E-state index contributed by atoms with van der Waals surface area (Å²) in [5, 5.41) is 40.8. The van der Waals surface area contributed by atoms with Crippen molar-refractivity contribution in [1.29, 1.82) is 5.26 Å². The Morgan fingerprint density at radius 1 is 1.35 bits per heavy atom. The minimum Gasteiger partial charge on any atom is -0.865 e. The number of hydrogen-bond acceptors (Lipinski definition) is 8. The Labute approximate surface area is 176 Å². The van der Waals surface area contributed by atoms with Crippen molar-refractivity contribution in [3.8, 4) is 34.7 Å². The number of rotatable bonds is 5. The Morgan fingerprint density at radius 3 is 2.74 bits per heavy atom. The van der Waals surface area contributed by atoms with Crippen LogP contribution in [0.4, 0.5) is 5.69 Å². The molecule has 1 aliphatic rings. The zero-order valence-electron chi connectivity index (χ0n) is 16.3. The molecule has 31 heavy (non-hydrogen) atoms. The van der Waals surface area contributed by atoms with Crippen LogP contribution in [0.5, 0.6) is 17.4 Å². The summed E-state index contributed by atoms with van der Waals surface area (Å²) in [5.74, 6) is -1.90. The van der Waals surface area contributed by atoms with Gasteiger partial charge < -0.3 is 20.3 Å². The highest BCUT2D eigenvalue weighted by molar-refractivity contribution is 5.72. The van der Waals surface area contributed by atoms with E-state index in [0.29, 0.717) is 11.3 Å². The molecule has 2 aromatic carbocycles. The van der Waals surface area contributed by atoms with Crippen LogP contribution in [0.3, 0.4) is 0 Å². The van der Waals surface area contributed by atoms with Crippen molar-refractivity contribution in [3.05, 3.63) is 75.2 Å². The SMILES string of the molecule is CCOc1cc([C@@H]2C(C#N)=C(N)Oc3n[nH]c(-c4ccccc4)c32)cc([N+](=O)[O-])c1[O-]. The minimum atomic E-state index is -0.860. The van der Waals surface area contributed by atoms with E-state index in [1.165, 1.54) is 6.07 Å². The fourth-order valence-electron chi connectivity index (χ4n) is 3.58. The molecule has 1 atom stereocenters. The molecule has 156 valence electrons. The molecule has 1 aliphatic heterocycles. The van der Waals surface area contributed by atoms with E-state index in [2.05, 4.69) is 10.2 Å². The van der Waals surface area contributed by atoms with Crippen LogP contribution in [0.25, 0.3) is 11.3 Å². The lowest BCUT2D eigenvalue weighted by atomic mass is 9.82. The zero-order valence-corrected chi connectivity index (χ0v) is 16.3. The zero-order chi connectivity index (χ0) is 22.1. The molecule has 3 aromatic rings. The second kappa shape index (κ2) is 7.72. The summed E-state index contributed by atoms with van der Waals surface area (Å²) < 4.78 is 10.9. The third-order valence-electron chi connectivity index (χ3n) is 4.89. The Morgan fingerprint density at radius 2 is 2.10 bits per heavy atom. The van der Waals surface area contributed by atoms with Crippen LogP contribution in [0, 0.1) is 21.4 Å². The van der Waals surface area contributed by atoms with E-state index in [-0.39, 0.29) is 35.3 Å². The van der Waals surface area contributed by atoms with Crippen molar-refractivity contribution in [2.24, 2.45) is 5.73 Å². The first kappa shape index (κ1) is 19.8. The van der Waals surface area contributed by atoms with Crippen LogP contribution in [-0.4, -0.2) is 21.7 Å². The van der Waals surface area contributed by atoms with Crippen molar-refractivity contribution in [2.45, 2.75) is 12.8 Å². The largest absolute Gasteiger partial charge is 0.865 e. The van der Waals surface area contributed by atoms with Gasteiger partial charge in [0.25, 0.3) is 5.69 Å². The number of benzene rings is 2. The van der Waals surface area contributed by atoms with Gasteiger partial charge in [-0.1, -0.05) is 30.3 Å². The van der Waals surface area contributed by atoms with Gasteiger partial charge in [-0.2, -0.15) is 5.26 Å². The number of nitriles is 1. The molecule has 10 heteroatoms. The van der Waals surface area contributed by atoms with Gasteiger partial charge in [0.15, 0.2) is 0 Å². The number of nitro benzene ring substituents is 1. The van der Waals surface area contributed by atoms with Gasteiger partial charge in [-0.25, -0.2) is 0 Å². The molecule has 0 fully saturated rings. The van der Waals surface area contributed by atoms with Gasteiger partial charge in [0.2, 0.25) is 11.8 Å². The summed E-state index contributed by atoms with van der Waals surface area (Å²) >= 11 is 0. The van der Waals surface area contributed by atoms with Gasteiger partial charge >= 0.3 is 0 Å². The molecule has 0 spiro atoms. The summed E-state index contributed by atoms with van der Waals surface area (Å²) in [6.45, 7) is 1.80. The Kier molecular flexibility index (Phi) is 4.92. The Balaban J connectivity index is 2.00. The topological polar surface area (TPSA) is 163 Å². The number of hydrogen-bond donors (Lipinski definition) is 2. The number of aromatic amines is 1. The van der Waals surface area contributed by atoms with Crippen molar-refractivity contribution in [3.63, 3.8) is 0 Å². The normalized spacial score (nSPS) is 15.0. The number of allylic oxidation sites excluding steroid dienone is 1. The first-order valence-corrected chi connectivity index (χ1v) is 9.29. The maximum Gasteiger partial charge on any atom is 0.265 e. The van der Waals surface area contributed by atoms with E-state index >= 15 is 0 Å². The summed E-state index contributed by atoms with van der Waals surface area (Å²) in [6.07, 6.45) is 0. The maximum absolute atomic E-state index is 12.4. The molecule has 0 saturated heterocycles. The van der Waals surface area contributed by atoms with E-state index in [1.54, 1.807) is 6.92 Å². The number of H-pyrrole nitrogens is 1. The fraction of sp³-hybridized carbons (Fsp3) is 0.143. The summed E-state index contributed by atoms with van der Waals surface area (Å²) in [5.41, 5.74) is 7.44. The highest BCUT2D eigenvalue weighted by Crippen LogP contribution is 2.48. The standard InChI is InChI=1S/C21H17N5O5/c1-2-30-15-9-12(8-14(19(15)27)26(28)29)16-13(10-22)20(23)31-21-17(16)18(24-25-21)11-6-4-3-5-7-11/h3-9,16,27H,2,23H2,1H3,(H,24,25)/p-1/t16-/m1/s1. The second-order valence-corrected chi connectivity index (χ2v) is 6.67. The summed E-state index contributed by atoms with van der Waals surface area (Å²) in [4.78, 5) is 10.7. The number of aromatic nitrogens is 2. The highest BCUT2D eigenvalue weighted by Gasteiger charge is 2.36. The van der Waals surface area contributed by atoms with Gasteiger partial charge in [0.05, 0.1) is 28.7 Å². The molecule has 0 radical (unpaired) electrons. The molecule has 4 rings (SSSR count). The lowest BCUT2D eigenvalue weighted by molar-refractivity contribution is -0.398. The van der Waals surface area contributed by atoms with E-state index < -0.39 is 22.3 Å². The molecule has 3 N–H and O–H groups in total. The van der Waals surface area contributed by atoms with Crippen LogP contribution in [0.15, 0.2) is 53.9 Å². The van der Waals surface area contributed by atoms with Crippen molar-refractivity contribution in [1.82, 2.24) is 10.2 Å². The Bertz CT molecular complexity index is 1240. The first-order chi connectivity index (χ1) is 15.0. The number of fused-ring (bicyclic) bond motifs is 1. The molecular formula is C21H16N5O5-. The van der Waals surface area contributed by atoms with Crippen LogP contribution < -0.4 is 20.3 Å². The second-order valence-electron chi connectivity index (χ2n) is 6.67. The van der Waals surface area contributed by atoms with E-state index in [0.717, 1.165) is 11.6 Å². The van der Waals surface area contributed by atoms with E-state index in [9.17, 15) is 20.5 Å². The van der Waals surface area contributed by atoms with Crippen molar-refractivity contribution in [2.75, 3.05) is 6.61 Å². The monoisotopic (exact) mass is 418 g/mol. The van der Waals surface area contributed by atoms with Gasteiger partial charge in [-0.15, -0.1) is 5.10 Å². The van der Waals surface area contributed by atoms with E-state index in [1.807, 2.05) is 36.4 Å². The molecular weight excluding hydrogens is 402 g/mol. The van der Waals surface area contributed by atoms with Crippen molar-refractivity contribution >= 4 is 5.69 Å². The van der Waals surface area contributed by atoms with Gasteiger partial charge in [0.1, 0.15) is 17.4 Å². The van der Waals surface area contributed by atoms with Crippen molar-refractivity contribution < 1.29 is 19.5 Å². The third-order valence-corrected chi connectivity index (χ3v) is 4.89. The maximum atomic E-state index is 12.4. The average Bonchev–Trinajstić information content (AvgIpc) is 3.18. The first-order valence-electron chi connectivity index (χ1n) is 9.29. The Hall–Kier alpha value is -4.52. The molecule has 10 nitrogen and oxygen atoms in total. The number of nitrogens with two attached hydrogens (primary N) is 1. The van der Waals surface area contributed by atoms with Gasteiger partial charge in [0, 0.05) is 11.8 Å². The molecule has 0 aliphatic carbocycles. The predicted molar refractivity (Wildman–Crippen MR) is 107 cm³/mol. The molecule has 0 bridgehead atoms. The van der Waals surface area contributed by atoms with Gasteiger partial charge in [-0.3, -0.25) is 15.2 Å². The molecule has 0 amide bonds. The predicted octanol–water partition coefficient (Wildman–Crippen LogP) is 2.68. The molecule has 0 saturated carbocycles. The van der Waals surface area contributed by atoms with Crippen LogP contribution in [-0.2, 0) is 0 Å². The lowest BCUT2D eigenvalue weighted by Gasteiger charge is -2.25. The number of nitrogens with zero attached hydrogens (tertiary/aromatic N) is 3. The summed E-state index contributed by atoms with van der Waals surface area (Å²) in [6, 6.07) is 13.8. The lowest BCUT2D eigenvalue weighted by Crippen LogP contribution is -2.21. The van der Waals surface area contributed by atoms with Gasteiger partial charge in [-0.05, 0) is 24.1 Å². The molecule has 2 heterocycles. The number of ether oxygens (including phenoxy) is 2.